The highest BCUT2D eigenvalue weighted by molar-refractivity contribution is 5.78. The minimum Gasteiger partial charge on any atom is -0.381 e. The fourth-order valence-electron chi connectivity index (χ4n) is 2.83. The first kappa shape index (κ1) is 21.9. The zero-order chi connectivity index (χ0) is 20.9. The molecule has 1 saturated heterocycles. The molecule has 1 amide bonds. The molecule has 1 aromatic heterocycles. The average molecular weight is 399 g/mol. The van der Waals surface area contributed by atoms with E-state index < -0.39 is 17.7 Å². The SMILES string of the molecule is CC(C)(C)CN(NC(=O)CC1CCOCC1)c1cc(C(F)(F)F)nc(C#N)n1. The Morgan fingerprint density at radius 1 is 1.32 bits per heavy atom. The molecule has 1 aliphatic heterocycles. The van der Waals surface area contributed by atoms with Crippen LogP contribution in [-0.4, -0.2) is 35.6 Å². The van der Waals surface area contributed by atoms with Crippen LogP contribution < -0.4 is 10.4 Å². The Labute approximate surface area is 161 Å². The summed E-state index contributed by atoms with van der Waals surface area (Å²) in [6.07, 6.45) is -2.97. The number of anilines is 1. The summed E-state index contributed by atoms with van der Waals surface area (Å²) in [6, 6.07) is 2.28. The summed E-state index contributed by atoms with van der Waals surface area (Å²) in [7, 11) is 0. The Kier molecular flexibility index (Phi) is 6.82. The van der Waals surface area contributed by atoms with Gasteiger partial charge >= 0.3 is 6.18 Å². The van der Waals surface area contributed by atoms with Crippen molar-refractivity contribution in [3.8, 4) is 6.07 Å². The number of alkyl halides is 3. The highest BCUT2D eigenvalue weighted by atomic mass is 19.4. The summed E-state index contributed by atoms with van der Waals surface area (Å²) >= 11 is 0. The van der Waals surface area contributed by atoms with Gasteiger partial charge in [-0.05, 0) is 24.2 Å². The predicted molar refractivity (Wildman–Crippen MR) is 94.9 cm³/mol. The van der Waals surface area contributed by atoms with E-state index in [0.29, 0.717) is 13.2 Å². The first-order valence-corrected chi connectivity index (χ1v) is 8.99. The quantitative estimate of drug-likeness (QED) is 0.766. The van der Waals surface area contributed by atoms with Crippen molar-refractivity contribution >= 4 is 11.7 Å². The van der Waals surface area contributed by atoms with E-state index in [-0.39, 0.29) is 36.0 Å². The third-order valence-corrected chi connectivity index (χ3v) is 4.09. The normalized spacial score (nSPS) is 15.8. The molecule has 0 aliphatic carbocycles. The number of nitrogens with one attached hydrogen (secondary N) is 1. The van der Waals surface area contributed by atoms with Gasteiger partial charge in [0.15, 0.2) is 11.5 Å². The fraction of sp³-hybridized carbons (Fsp3) is 0.667. The van der Waals surface area contributed by atoms with Gasteiger partial charge in [-0.1, -0.05) is 20.8 Å². The Balaban J connectivity index is 2.27. The fourth-order valence-corrected chi connectivity index (χ4v) is 2.83. The van der Waals surface area contributed by atoms with E-state index in [9.17, 15) is 18.0 Å². The molecule has 1 fully saturated rings. The standard InChI is InChI=1S/C18H24F3N5O2/c1-17(2,3)11-26(25-16(27)8-12-4-6-28-7-5-12)15-9-13(18(19,20)21)23-14(10-22)24-15/h9,12H,4-8,11H2,1-3H3,(H,25,27). The van der Waals surface area contributed by atoms with Crippen molar-refractivity contribution in [2.24, 2.45) is 11.3 Å². The van der Waals surface area contributed by atoms with E-state index in [1.165, 1.54) is 5.01 Å². The van der Waals surface area contributed by atoms with Crippen LogP contribution in [0.4, 0.5) is 19.0 Å². The van der Waals surface area contributed by atoms with Crippen molar-refractivity contribution < 1.29 is 22.7 Å². The molecule has 0 aromatic carbocycles. The first-order valence-electron chi connectivity index (χ1n) is 8.99. The molecule has 7 nitrogen and oxygen atoms in total. The van der Waals surface area contributed by atoms with Crippen molar-refractivity contribution in [3.05, 3.63) is 17.6 Å². The van der Waals surface area contributed by atoms with Gasteiger partial charge in [0.25, 0.3) is 0 Å². The van der Waals surface area contributed by atoms with Crippen molar-refractivity contribution in [2.45, 2.75) is 46.2 Å². The van der Waals surface area contributed by atoms with E-state index in [0.717, 1.165) is 18.9 Å². The molecular weight excluding hydrogens is 375 g/mol. The topological polar surface area (TPSA) is 91.1 Å². The summed E-state index contributed by atoms with van der Waals surface area (Å²) in [6.45, 7) is 7.02. The Morgan fingerprint density at radius 2 is 1.96 bits per heavy atom. The van der Waals surface area contributed by atoms with Crippen LogP contribution in [0.15, 0.2) is 6.07 Å². The number of carbonyl (C=O) groups excluding carboxylic acids is 1. The molecule has 0 spiro atoms. The van der Waals surface area contributed by atoms with Crippen LogP contribution in [0.25, 0.3) is 0 Å². The summed E-state index contributed by atoms with van der Waals surface area (Å²) in [4.78, 5) is 19.6. The zero-order valence-electron chi connectivity index (χ0n) is 16.1. The number of ether oxygens (including phenoxy) is 1. The summed E-state index contributed by atoms with van der Waals surface area (Å²) in [5, 5.41) is 10.3. The maximum absolute atomic E-state index is 13.1. The van der Waals surface area contributed by atoms with Gasteiger partial charge < -0.3 is 4.74 Å². The second kappa shape index (κ2) is 8.73. The predicted octanol–water partition coefficient (Wildman–Crippen LogP) is 3.07. The van der Waals surface area contributed by atoms with Gasteiger partial charge in [0, 0.05) is 32.2 Å². The number of halogens is 3. The van der Waals surface area contributed by atoms with Gasteiger partial charge in [-0.15, -0.1) is 0 Å². The second-order valence-corrected chi connectivity index (χ2v) is 7.99. The number of carbonyl (C=O) groups is 1. The van der Waals surface area contributed by atoms with Gasteiger partial charge in [0.1, 0.15) is 6.07 Å². The molecular formula is C18H24F3N5O2. The number of hydrazine groups is 1. The van der Waals surface area contributed by atoms with E-state index in [4.69, 9.17) is 10.00 Å². The van der Waals surface area contributed by atoms with E-state index >= 15 is 0 Å². The van der Waals surface area contributed by atoms with Crippen LogP contribution in [-0.2, 0) is 15.7 Å². The van der Waals surface area contributed by atoms with Crippen LogP contribution in [0.3, 0.4) is 0 Å². The molecule has 154 valence electrons. The van der Waals surface area contributed by atoms with Crippen LogP contribution in [0.1, 0.15) is 51.6 Å². The molecule has 1 N–H and O–H groups in total. The second-order valence-electron chi connectivity index (χ2n) is 7.99. The molecule has 0 saturated carbocycles. The van der Waals surface area contributed by atoms with Gasteiger partial charge in [0.05, 0.1) is 0 Å². The Hall–Kier alpha value is -2.41. The van der Waals surface area contributed by atoms with Gasteiger partial charge in [-0.3, -0.25) is 15.2 Å². The first-order chi connectivity index (χ1) is 13.0. The van der Waals surface area contributed by atoms with Crippen molar-refractivity contribution in [2.75, 3.05) is 24.8 Å². The summed E-state index contributed by atoms with van der Waals surface area (Å²) in [5.41, 5.74) is 1.06. The van der Waals surface area contributed by atoms with E-state index in [1.54, 1.807) is 6.07 Å². The molecule has 2 heterocycles. The van der Waals surface area contributed by atoms with E-state index in [1.807, 2.05) is 20.8 Å². The van der Waals surface area contributed by atoms with E-state index in [2.05, 4.69) is 15.4 Å². The molecule has 0 bridgehead atoms. The molecule has 10 heteroatoms. The molecule has 1 aliphatic rings. The number of hydrogen-bond donors (Lipinski definition) is 1. The number of rotatable bonds is 5. The lowest BCUT2D eigenvalue weighted by Crippen LogP contribution is -2.47. The van der Waals surface area contributed by atoms with Gasteiger partial charge in [-0.2, -0.15) is 23.4 Å². The van der Waals surface area contributed by atoms with Crippen LogP contribution >= 0.6 is 0 Å². The third kappa shape index (κ3) is 6.64. The minimum absolute atomic E-state index is 0.163. The average Bonchev–Trinajstić information content (AvgIpc) is 2.59. The van der Waals surface area contributed by atoms with Crippen molar-refractivity contribution in [1.82, 2.24) is 15.4 Å². The highest BCUT2D eigenvalue weighted by Crippen LogP contribution is 2.30. The maximum Gasteiger partial charge on any atom is 0.433 e. The number of nitriles is 1. The lowest BCUT2D eigenvalue weighted by molar-refractivity contribution is -0.141. The minimum atomic E-state index is -4.73. The summed E-state index contributed by atoms with van der Waals surface area (Å²) in [5.74, 6) is -0.936. The van der Waals surface area contributed by atoms with Gasteiger partial charge in [-0.25, -0.2) is 4.98 Å². The lowest BCUT2D eigenvalue weighted by Gasteiger charge is -2.32. The highest BCUT2D eigenvalue weighted by Gasteiger charge is 2.35. The Morgan fingerprint density at radius 3 is 2.50 bits per heavy atom. The molecule has 0 radical (unpaired) electrons. The maximum atomic E-state index is 13.1. The Bertz CT molecular complexity index is 734. The number of nitrogens with zero attached hydrogens (tertiary/aromatic N) is 4. The lowest BCUT2D eigenvalue weighted by atomic mass is 9.96. The molecule has 0 unspecified atom stereocenters. The molecule has 28 heavy (non-hydrogen) atoms. The summed E-state index contributed by atoms with van der Waals surface area (Å²) < 4.78 is 44.7. The smallest absolute Gasteiger partial charge is 0.381 e. The zero-order valence-corrected chi connectivity index (χ0v) is 16.1. The van der Waals surface area contributed by atoms with Crippen molar-refractivity contribution in [3.63, 3.8) is 0 Å². The van der Waals surface area contributed by atoms with Crippen molar-refractivity contribution in [1.29, 1.82) is 5.26 Å². The van der Waals surface area contributed by atoms with Crippen LogP contribution in [0.2, 0.25) is 0 Å². The number of aromatic nitrogens is 2. The monoisotopic (exact) mass is 399 g/mol. The third-order valence-electron chi connectivity index (χ3n) is 4.09. The number of amides is 1. The molecule has 2 rings (SSSR count). The van der Waals surface area contributed by atoms with Gasteiger partial charge in [0.2, 0.25) is 11.7 Å². The number of hydrogen-bond acceptors (Lipinski definition) is 6. The molecule has 0 atom stereocenters. The van der Waals surface area contributed by atoms with Crippen LogP contribution in [0.5, 0.6) is 0 Å². The molecule has 1 aromatic rings. The largest absolute Gasteiger partial charge is 0.433 e. The van der Waals surface area contributed by atoms with Crippen LogP contribution in [0, 0.1) is 22.7 Å².